The van der Waals surface area contributed by atoms with Gasteiger partial charge in [-0.3, -0.25) is 9.59 Å². The summed E-state index contributed by atoms with van der Waals surface area (Å²) in [6, 6.07) is 7.06. The van der Waals surface area contributed by atoms with E-state index in [1.165, 1.54) is 6.92 Å². The van der Waals surface area contributed by atoms with E-state index in [9.17, 15) is 19.5 Å². The summed E-state index contributed by atoms with van der Waals surface area (Å²) in [5.41, 5.74) is 0.890. The summed E-state index contributed by atoms with van der Waals surface area (Å²) in [6.07, 6.45) is 3.42. The molecule has 7 heteroatoms. The van der Waals surface area contributed by atoms with Crippen LogP contribution < -0.4 is 20.5 Å². The normalized spacial score (nSPS) is 10.9. The number of benzene rings is 1. The van der Waals surface area contributed by atoms with E-state index < -0.39 is 11.9 Å². The average molecular weight is 347 g/mol. The van der Waals surface area contributed by atoms with Gasteiger partial charge in [0, 0.05) is 19.4 Å². The van der Waals surface area contributed by atoms with Crippen LogP contribution in [-0.2, 0) is 14.4 Å². The summed E-state index contributed by atoms with van der Waals surface area (Å²) < 4.78 is 5.08. The molecule has 0 atom stereocenters. The van der Waals surface area contributed by atoms with Crippen molar-refractivity contribution >= 4 is 23.9 Å². The maximum Gasteiger partial charge on any atom is 0.267 e. The van der Waals surface area contributed by atoms with Crippen LogP contribution in [0.4, 0.5) is 0 Å². The lowest BCUT2D eigenvalue weighted by atomic mass is 10.1. The highest BCUT2D eigenvalue weighted by atomic mass is 16.5. The number of ether oxygens (including phenoxy) is 1. The second kappa shape index (κ2) is 10.9. The van der Waals surface area contributed by atoms with Crippen molar-refractivity contribution in [1.82, 2.24) is 10.6 Å². The molecule has 0 fully saturated rings. The molecule has 2 N–H and O–H groups in total. The fourth-order valence-electron chi connectivity index (χ4n) is 2.08. The molecule has 0 heterocycles. The summed E-state index contributed by atoms with van der Waals surface area (Å²) >= 11 is 0. The number of nitrogens with one attached hydrogen (secondary N) is 2. The van der Waals surface area contributed by atoms with Crippen molar-refractivity contribution in [2.75, 3.05) is 13.7 Å². The molecule has 0 aromatic heterocycles. The zero-order chi connectivity index (χ0) is 18.7. The molecular formula is C18H23N2O5-. The molecule has 0 radical (unpaired) electrons. The first-order chi connectivity index (χ1) is 11.9. The third kappa shape index (κ3) is 8.55. The van der Waals surface area contributed by atoms with Gasteiger partial charge in [0.25, 0.3) is 5.91 Å². The highest BCUT2D eigenvalue weighted by Crippen LogP contribution is 2.13. The highest BCUT2D eigenvalue weighted by molar-refractivity contribution is 6.00. The van der Waals surface area contributed by atoms with E-state index in [-0.39, 0.29) is 18.0 Å². The number of carbonyl (C=O) groups is 3. The fraction of sp³-hybridized carbons (Fsp3) is 0.389. The number of carboxylic acids is 1. The third-order valence-electron chi connectivity index (χ3n) is 3.33. The maximum atomic E-state index is 12.2. The van der Waals surface area contributed by atoms with Gasteiger partial charge in [-0.15, -0.1) is 0 Å². The van der Waals surface area contributed by atoms with Crippen LogP contribution in [0.5, 0.6) is 5.75 Å². The minimum atomic E-state index is -1.07. The monoisotopic (exact) mass is 347 g/mol. The fourth-order valence-corrected chi connectivity index (χ4v) is 2.08. The van der Waals surface area contributed by atoms with E-state index in [2.05, 4.69) is 10.6 Å². The second-order valence-corrected chi connectivity index (χ2v) is 5.45. The Bertz CT molecular complexity index is 623. The molecule has 7 nitrogen and oxygen atoms in total. The van der Waals surface area contributed by atoms with Crippen LogP contribution in [0.2, 0.25) is 0 Å². The summed E-state index contributed by atoms with van der Waals surface area (Å²) in [7, 11) is 1.56. The lowest BCUT2D eigenvalue weighted by molar-refractivity contribution is -0.305. The van der Waals surface area contributed by atoms with E-state index in [1.54, 1.807) is 37.5 Å². The second-order valence-electron chi connectivity index (χ2n) is 5.45. The molecule has 0 spiro atoms. The molecule has 1 aromatic carbocycles. The molecule has 1 rings (SSSR count). The van der Waals surface area contributed by atoms with Crippen molar-refractivity contribution in [3.63, 3.8) is 0 Å². The topological polar surface area (TPSA) is 108 Å². The largest absolute Gasteiger partial charge is 0.550 e. The van der Waals surface area contributed by atoms with Crippen LogP contribution in [-0.4, -0.2) is 31.4 Å². The number of amides is 2. The van der Waals surface area contributed by atoms with Crippen molar-refractivity contribution in [2.24, 2.45) is 0 Å². The molecular weight excluding hydrogens is 324 g/mol. The molecule has 0 saturated carbocycles. The standard InChI is InChI=1S/C18H24N2O5/c1-13(21)20-16(12-14-7-9-15(25-2)10-8-14)18(24)19-11-5-3-4-6-17(22)23/h7-10,12H,3-6,11H2,1-2H3,(H,19,24)(H,20,21)(H,22,23)/p-1/b16-12+. The molecule has 0 aliphatic heterocycles. The van der Waals surface area contributed by atoms with Crippen molar-refractivity contribution in [3.8, 4) is 5.75 Å². The van der Waals surface area contributed by atoms with Crippen LogP contribution >= 0.6 is 0 Å². The Morgan fingerprint density at radius 3 is 2.36 bits per heavy atom. The minimum Gasteiger partial charge on any atom is -0.550 e. The molecule has 25 heavy (non-hydrogen) atoms. The summed E-state index contributed by atoms with van der Waals surface area (Å²) in [5, 5.41) is 15.5. The summed E-state index contributed by atoms with van der Waals surface area (Å²) in [6.45, 7) is 1.72. The van der Waals surface area contributed by atoms with Gasteiger partial charge >= 0.3 is 0 Å². The predicted molar refractivity (Wildman–Crippen MR) is 91.3 cm³/mol. The van der Waals surface area contributed by atoms with E-state index >= 15 is 0 Å². The van der Waals surface area contributed by atoms with Crippen LogP contribution in [0.1, 0.15) is 38.2 Å². The van der Waals surface area contributed by atoms with Crippen molar-refractivity contribution in [2.45, 2.75) is 32.6 Å². The van der Waals surface area contributed by atoms with Crippen molar-refractivity contribution < 1.29 is 24.2 Å². The van der Waals surface area contributed by atoms with Gasteiger partial charge in [0.2, 0.25) is 5.91 Å². The number of hydrogen-bond donors (Lipinski definition) is 2. The molecule has 0 saturated heterocycles. The van der Waals surface area contributed by atoms with E-state index in [0.717, 1.165) is 5.56 Å². The first kappa shape index (κ1) is 20.2. The number of aliphatic carboxylic acids is 1. The van der Waals surface area contributed by atoms with E-state index in [4.69, 9.17) is 4.74 Å². The van der Waals surface area contributed by atoms with Gasteiger partial charge < -0.3 is 25.3 Å². The Hall–Kier alpha value is -2.83. The van der Waals surface area contributed by atoms with Gasteiger partial charge in [0.05, 0.1) is 7.11 Å². The maximum absolute atomic E-state index is 12.2. The molecule has 2 amide bonds. The number of hydrogen-bond acceptors (Lipinski definition) is 5. The zero-order valence-corrected chi connectivity index (χ0v) is 14.5. The Labute approximate surface area is 147 Å². The molecule has 0 unspecified atom stereocenters. The Morgan fingerprint density at radius 2 is 1.80 bits per heavy atom. The first-order valence-corrected chi connectivity index (χ1v) is 8.03. The Kier molecular flexibility index (Phi) is 8.78. The Morgan fingerprint density at radius 1 is 1.12 bits per heavy atom. The van der Waals surface area contributed by atoms with Gasteiger partial charge in [0.15, 0.2) is 0 Å². The van der Waals surface area contributed by atoms with Gasteiger partial charge in [-0.25, -0.2) is 0 Å². The third-order valence-corrected chi connectivity index (χ3v) is 3.33. The molecule has 0 aliphatic rings. The lowest BCUT2D eigenvalue weighted by Crippen LogP contribution is -2.34. The number of rotatable bonds is 10. The molecule has 1 aromatic rings. The smallest absolute Gasteiger partial charge is 0.267 e. The van der Waals surface area contributed by atoms with Crippen molar-refractivity contribution in [1.29, 1.82) is 0 Å². The average Bonchev–Trinajstić information content (AvgIpc) is 2.57. The van der Waals surface area contributed by atoms with Gasteiger partial charge in [-0.1, -0.05) is 18.6 Å². The zero-order valence-electron chi connectivity index (χ0n) is 14.5. The number of unbranched alkanes of at least 4 members (excludes halogenated alkanes) is 2. The van der Waals surface area contributed by atoms with Crippen molar-refractivity contribution in [3.05, 3.63) is 35.5 Å². The van der Waals surface area contributed by atoms with E-state index in [0.29, 0.717) is 31.6 Å². The van der Waals surface area contributed by atoms with Gasteiger partial charge in [-0.05, 0) is 43.0 Å². The summed E-state index contributed by atoms with van der Waals surface area (Å²) in [4.78, 5) is 33.8. The van der Waals surface area contributed by atoms with Crippen LogP contribution in [0.3, 0.4) is 0 Å². The highest BCUT2D eigenvalue weighted by Gasteiger charge is 2.10. The van der Waals surface area contributed by atoms with Gasteiger partial charge in [0.1, 0.15) is 11.4 Å². The SMILES string of the molecule is COc1ccc(/C=C(/NC(C)=O)C(=O)NCCCCCC(=O)[O-])cc1. The first-order valence-electron chi connectivity index (χ1n) is 8.03. The van der Waals surface area contributed by atoms with Crippen LogP contribution in [0.25, 0.3) is 6.08 Å². The predicted octanol–water partition coefficient (Wildman–Crippen LogP) is 0.599. The molecule has 0 bridgehead atoms. The quantitative estimate of drug-likeness (QED) is 0.476. The molecule has 0 aliphatic carbocycles. The van der Waals surface area contributed by atoms with Gasteiger partial charge in [-0.2, -0.15) is 0 Å². The Balaban J connectivity index is 2.61. The summed E-state index contributed by atoms with van der Waals surface area (Å²) in [5.74, 6) is -1.12. The lowest BCUT2D eigenvalue weighted by Gasteiger charge is -2.10. The number of carbonyl (C=O) groups excluding carboxylic acids is 3. The number of methoxy groups -OCH3 is 1. The molecule has 136 valence electrons. The minimum absolute atomic E-state index is 0.0163. The van der Waals surface area contributed by atoms with E-state index in [1.807, 2.05) is 0 Å². The number of carboxylic acid groups (broad SMARTS) is 1. The van der Waals surface area contributed by atoms with Crippen LogP contribution in [0, 0.1) is 0 Å². The van der Waals surface area contributed by atoms with Crippen LogP contribution in [0.15, 0.2) is 30.0 Å².